The third kappa shape index (κ3) is 38.7. The minimum Gasteiger partial charge on any atom is -0.378 e. The largest absolute Gasteiger partial charge is 0.378 e. The summed E-state index contributed by atoms with van der Waals surface area (Å²) < 4.78 is 16.0. The normalized spacial score (nSPS) is 8.92. The number of hydrogen-bond acceptors (Lipinski definition) is 5. The number of amides is 1. The van der Waals surface area contributed by atoms with E-state index in [4.69, 9.17) is 14.2 Å². The third-order valence-electron chi connectivity index (χ3n) is 2.57. The Morgan fingerprint density at radius 3 is 1.58 bits per heavy atom. The molecule has 0 atom stereocenters. The molecule has 2 N–H and O–H groups in total. The number of rotatable bonds is 15. The average molecular weight is 381 g/mol. The molecule has 0 bridgehead atoms. The number of unbranched alkanes of at least 4 members (excludes halogenated alkanes) is 1. The summed E-state index contributed by atoms with van der Waals surface area (Å²) >= 11 is 0. The average Bonchev–Trinajstić information content (AvgIpc) is 2.71. The molecule has 0 aliphatic rings. The maximum Gasteiger partial charge on any atom is 0.220 e. The molecule has 6 nitrogen and oxygen atoms in total. The van der Waals surface area contributed by atoms with Gasteiger partial charge in [-0.25, -0.2) is 0 Å². The van der Waals surface area contributed by atoms with Gasteiger partial charge in [0.2, 0.25) is 5.91 Å². The van der Waals surface area contributed by atoms with E-state index < -0.39 is 0 Å². The first-order valence-electron chi connectivity index (χ1n) is 10.5. The minimum absolute atomic E-state index is 0.102. The van der Waals surface area contributed by atoms with Gasteiger partial charge in [-0.2, -0.15) is 0 Å². The molecular formula is C20H48N2O4. The van der Waals surface area contributed by atoms with E-state index in [-0.39, 0.29) is 5.91 Å². The van der Waals surface area contributed by atoms with Gasteiger partial charge in [0.05, 0.1) is 39.6 Å². The van der Waals surface area contributed by atoms with Crippen LogP contribution in [0.4, 0.5) is 0 Å². The Morgan fingerprint density at radius 1 is 0.731 bits per heavy atom. The Bertz CT molecular complexity index is 218. The van der Waals surface area contributed by atoms with Gasteiger partial charge in [-0.05, 0) is 13.5 Å². The van der Waals surface area contributed by atoms with Crippen molar-refractivity contribution in [3.05, 3.63) is 0 Å². The van der Waals surface area contributed by atoms with Gasteiger partial charge in [-0.1, -0.05) is 54.9 Å². The third-order valence-corrected chi connectivity index (χ3v) is 2.57. The lowest BCUT2D eigenvalue weighted by atomic mass is 10.2. The van der Waals surface area contributed by atoms with Crippen molar-refractivity contribution in [2.75, 3.05) is 59.8 Å². The van der Waals surface area contributed by atoms with Crippen molar-refractivity contribution in [2.24, 2.45) is 0 Å². The van der Waals surface area contributed by atoms with Crippen LogP contribution in [0.25, 0.3) is 0 Å². The summed E-state index contributed by atoms with van der Waals surface area (Å²) in [4.78, 5) is 11.3. The summed E-state index contributed by atoms with van der Waals surface area (Å²) in [5, 5.41) is 5.82. The van der Waals surface area contributed by atoms with Crippen LogP contribution in [0.2, 0.25) is 0 Å². The van der Waals surface area contributed by atoms with Crippen molar-refractivity contribution < 1.29 is 19.0 Å². The first-order chi connectivity index (χ1) is 12.8. The summed E-state index contributed by atoms with van der Waals surface area (Å²) in [6, 6.07) is 0. The number of nitrogens with one attached hydrogen (secondary N) is 2. The number of carbonyl (C=O) groups is 1. The van der Waals surface area contributed by atoms with Gasteiger partial charge in [0.15, 0.2) is 0 Å². The van der Waals surface area contributed by atoms with Crippen LogP contribution in [-0.2, 0) is 19.0 Å². The highest BCUT2D eigenvalue weighted by atomic mass is 16.5. The van der Waals surface area contributed by atoms with Crippen molar-refractivity contribution >= 4 is 5.91 Å². The molecule has 0 rings (SSSR count). The Balaban J connectivity index is -0.000000362. The molecule has 0 spiro atoms. The molecule has 0 heterocycles. The van der Waals surface area contributed by atoms with E-state index in [1.54, 1.807) is 0 Å². The summed E-state index contributed by atoms with van der Waals surface area (Å²) in [7, 11) is 1.89. The smallest absolute Gasteiger partial charge is 0.220 e. The maximum absolute atomic E-state index is 11.3. The van der Waals surface area contributed by atoms with E-state index >= 15 is 0 Å². The molecule has 0 aliphatic carbocycles. The van der Waals surface area contributed by atoms with Crippen molar-refractivity contribution in [2.45, 2.75) is 67.7 Å². The maximum atomic E-state index is 11.3. The predicted octanol–water partition coefficient (Wildman–Crippen LogP) is 3.64. The van der Waals surface area contributed by atoms with Gasteiger partial charge in [-0.3, -0.25) is 4.79 Å². The van der Waals surface area contributed by atoms with E-state index in [0.717, 1.165) is 19.4 Å². The highest BCUT2D eigenvalue weighted by Gasteiger charge is 1.98. The Morgan fingerprint density at radius 2 is 1.15 bits per heavy atom. The zero-order chi connectivity index (χ0) is 20.9. The van der Waals surface area contributed by atoms with Crippen LogP contribution >= 0.6 is 0 Å². The first kappa shape index (κ1) is 32.9. The SMILES string of the molecule is CC.CC.CC.CCCCC(=O)NCCOCCOCCOCCNC. The molecule has 0 aromatic carbocycles. The first-order valence-corrected chi connectivity index (χ1v) is 10.5. The van der Waals surface area contributed by atoms with Gasteiger partial charge < -0.3 is 24.8 Å². The van der Waals surface area contributed by atoms with Crippen LogP contribution in [0.15, 0.2) is 0 Å². The minimum atomic E-state index is 0.102. The molecular weight excluding hydrogens is 332 g/mol. The van der Waals surface area contributed by atoms with Gasteiger partial charge in [0, 0.05) is 19.5 Å². The lowest BCUT2D eigenvalue weighted by Gasteiger charge is -2.07. The lowest BCUT2D eigenvalue weighted by Crippen LogP contribution is -2.27. The van der Waals surface area contributed by atoms with Crippen molar-refractivity contribution in [3.63, 3.8) is 0 Å². The van der Waals surface area contributed by atoms with E-state index in [1.165, 1.54) is 0 Å². The molecule has 0 aromatic rings. The van der Waals surface area contributed by atoms with Crippen LogP contribution < -0.4 is 10.6 Å². The standard InChI is InChI=1S/C14H30N2O4.3C2H6/c1-3-4-5-14(17)16-7-9-19-11-13-20-12-10-18-8-6-15-2;3*1-2/h15H,3-13H2,1-2H3,(H,16,17);3*1-2H3. The molecule has 26 heavy (non-hydrogen) atoms. The molecule has 0 aliphatic heterocycles. The number of ether oxygens (including phenoxy) is 3. The predicted molar refractivity (Wildman–Crippen MR) is 113 cm³/mol. The fourth-order valence-electron chi connectivity index (χ4n) is 1.40. The second-order valence-corrected chi connectivity index (χ2v) is 4.39. The number of carbonyl (C=O) groups excluding carboxylic acids is 1. The molecule has 0 saturated carbocycles. The fraction of sp³-hybridized carbons (Fsp3) is 0.950. The van der Waals surface area contributed by atoms with E-state index in [1.807, 2.05) is 48.6 Å². The summed E-state index contributed by atoms with van der Waals surface area (Å²) in [5.41, 5.74) is 0. The fourth-order valence-corrected chi connectivity index (χ4v) is 1.40. The number of hydrogen-bond donors (Lipinski definition) is 2. The Labute approximate surface area is 163 Å². The molecule has 0 aromatic heterocycles. The molecule has 0 unspecified atom stereocenters. The van der Waals surface area contributed by atoms with E-state index in [2.05, 4.69) is 17.6 Å². The van der Waals surface area contributed by atoms with E-state index in [9.17, 15) is 4.79 Å². The molecule has 6 heteroatoms. The van der Waals surface area contributed by atoms with Gasteiger partial charge in [-0.15, -0.1) is 0 Å². The Kier molecular flexibility index (Phi) is 49.9. The summed E-state index contributed by atoms with van der Waals surface area (Å²) in [5.74, 6) is 0.102. The van der Waals surface area contributed by atoms with Crippen LogP contribution in [0.3, 0.4) is 0 Å². The second kappa shape index (κ2) is 39.4. The summed E-state index contributed by atoms with van der Waals surface area (Å²) in [6.45, 7) is 19.0. The monoisotopic (exact) mass is 380 g/mol. The van der Waals surface area contributed by atoms with Gasteiger partial charge in [0.25, 0.3) is 0 Å². The van der Waals surface area contributed by atoms with Crippen molar-refractivity contribution in [3.8, 4) is 0 Å². The quantitative estimate of drug-likeness (QED) is 0.425. The molecule has 0 saturated heterocycles. The van der Waals surface area contributed by atoms with E-state index in [0.29, 0.717) is 52.6 Å². The van der Waals surface area contributed by atoms with Crippen LogP contribution in [0, 0.1) is 0 Å². The molecule has 0 fully saturated rings. The highest BCUT2D eigenvalue weighted by Crippen LogP contribution is 1.92. The van der Waals surface area contributed by atoms with Crippen LogP contribution in [-0.4, -0.2) is 65.7 Å². The summed E-state index contributed by atoms with van der Waals surface area (Å²) in [6.07, 6.45) is 2.59. The molecule has 0 radical (unpaired) electrons. The van der Waals surface area contributed by atoms with Crippen LogP contribution in [0.1, 0.15) is 67.7 Å². The Hall–Kier alpha value is -0.690. The topological polar surface area (TPSA) is 68.8 Å². The van der Waals surface area contributed by atoms with Gasteiger partial charge in [0.1, 0.15) is 0 Å². The molecule has 1 amide bonds. The van der Waals surface area contributed by atoms with Crippen LogP contribution in [0.5, 0.6) is 0 Å². The van der Waals surface area contributed by atoms with Gasteiger partial charge >= 0.3 is 0 Å². The zero-order valence-corrected chi connectivity index (χ0v) is 18.9. The second-order valence-electron chi connectivity index (χ2n) is 4.39. The molecule has 162 valence electrons. The highest BCUT2D eigenvalue weighted by molar-refractivity contribution is 5.75. The number of likely N-dealkylation sites (N-methyl/N-ethyl adjacent to an activating group) is 1. The zero-order valence-electron chi connectivity index (χ0n) is 18.9. The lowest BCUT2D eigenvalue weighted by molar-refractivity contribution is -0.121. The van der Waals surface area contributed by atoms with Crippen molar-refractivity contribution in [1.29, 1.82) is 0 Å². The van der Waals surface area contributed by atoms with Crippen molar-refractivity contribution in [1.82, 2.24) is 10.6 Å².